The summed E-state index contributed by atoms with van der Waals surface area (Å²) < 4.78 is 0.722. The maximum absolute atomic E-state index is 11.7. The van der Waals surface area contributed by atoms with Crippen LogP contribution in [0.25, 0.3) is 0 Å². The number of anilines is 1. The van der Waals surface area contributed by atoms with Crippen molar-refractivity contribution in [3.05, 3.63) is 62.6 Å². The largest absolute Gasteiger partial charge is 0.479 e. The number of carboxylic acids is 1. The maximum Gasteiger partial charge on any atom is 0.330 e. The van der Waals surface area contributed by atoms with Gasteiger partial charge in [0.2, 0.25) is 0 Å². The minimum absolute atomic E-state index is 0.583. The number of carboxylic acid groups (broad SMARTS) is 1. The second-order valence-corrected chi connectivity index (χ2v) is 6.11. The first-order valence-electron chi connectivity index (χ1n) is 6.40. The van der Waals surface area contributed by atoms with Gasteiger partial charge in [0.05, 0.1) is 5.02 Å². The first-order chi connectivity index (χ1) is 9.90. The lowest BCUT2D eigenvalue weighted by molar-refractivity contribution is -0.138. The molecule has 21 heavy (non-hydrogen) atoms. The molecule has 0 radical (unpaired) electrons. The molecule has 110 valence electrons. The van der Waals surface area contributed by atoms with Crippen LogP contribution >= 0.6 is 27.5 Å². The summed E-state index contributed by atoms with van der Waals surface area (Å²) in [6, 6.07) is 10.2. The topological polar surface area (TPSA) is 49.3 Å². The van der Waals surface area contributed by atoms with Crippen LogP contribution in [0.3, 0.4) is 0 Å². The van der Waals surface area contributed by atoms with Crippen molar-refractivity contribution in [1.29, 1.82) is 0 Å². The first kappa shape index (κ1) is 15.9. The fourth-order valence-corrected chi connectivity index (χ4v) is 2.79. The van der Waals surface area contributed by atoms with Crippen molar-refractivity contribution in [2.24, 2.45) is 0 Å². The highest BCUT2D eigenvalue weighted by molar-refractivity contribution is 9.10. The third-order valence-electron chi connectivity index (χ3n) is 3.31. The number of hydrogen-bond acceptors (Lipinski definition) is 2. The monoisotopic (exact) mass is 367 g/mol. The van der Waals surface area contributed by atoms with Crippen LogP contribution in [0.2, 0.25) is 5.02 Å². The molecular formula is C16H15BrClNO2. The van der Waals surface area contributed by atoms with Gasteiger partial charge in [-0.15, -0.1) is 0 Å². The highest BCUT2D eigenvalue weighted by atomic mass is 79.9. The molecule has 0 amide bonds. The molecule has 0 fully saturated rings. The Balaban J connectivity index is 2.40. The molecule has 0 aliphatic rings. The molecule has 0 bridgehead atoms. The third kappa shape index (κ3) is 3.57. The molecule has 2 aromatic carbocycles. The molecule has 2 rings (SSSR count). The number of carbonyl (C=O) groups is 1. The van der Waals surface area contributed by atoms with Crippen LogP contribution in [0, 0.1) is 13.8 Å². The lowest BCUT2D eigenvalue weighted by atomic mass is 9.96. The van der Waals surface area contributed by atoms with E-state index in [1.54, 1.807) is 18.2 Å². The van der Waals surface area contributed by atoms with Crippen LogP contribution in [0.15, 0.2) is 40.9 Å². The minimum Gasteiger partial charge on any atom is -0.479 e. The Bertz CT molecular complexity index is 668. The van der Waals surface area contributed by atoms with Crippen LogP contribution < -0.4 is 5.32 Å². The van der Waals surface area contributed by atoms with E-state index in [1.807, 2.05) is 32.0 Å². The van der Waals surface area contributed by atoms with Crippen molar-refractivity contribution in [1.82, 2.24) is 0 Å². The Labute approximate surface area is 137 Å². The van der Waals surface area contributed by atoms with Gasteiger partial charge in [-0.3, -0.25) is 0 Å². The highest BCUT2D eigenvalue weighted by Gasteiger charge is 2.23. The summed E-state index contributed by atoms with van der Waals surface area (Å²) in [5, 5.41) is 13.2. The fraction of sp³-hybridized carbons (Fsp3) is 0.188. The zero-order chi connectivity index (χ0) is 15.6. The van der Waals surface area contributed by atoms with E-state index in [-0.39, 0.29) is 0 Å². The van der Waals surface area contributed by atoms with Gasteiger partial charge < -0.3 is 10.4 Å². The summed E-state index contributed by atoms with van der Waals surface area (Å²) in [5.74, 6) is -0.918. The quantitative estimate of drug-likeness (QED) is 0.802. The predicted octanol–water partition coefficient (Wildman–Crippen LogP) is 4.96. The van der Waals surface area contributed by atoms with Crippen LogP contribution in [0.1, 0.15) is 22.7 Å². The van der Waals surface area contributed by atoms with E-state index in [1.165, 1.54) is 0 Å². The van der Waals surface area contributed by atoms with Crippen molar-refractivity contribution in [3.63, 3.8) is 0 Å². The van der Waals surface area contributed by atoms with Gasteiger partial charge in [0.1, 0.15) is 0 Å². The summed E-state index contributed by atoms with van der Waals surface area (Å²) in [4.78, 5) is 11.7. The minimum atomic E-state index is -0.918. The average Bonchev–Trinajstić information content (AvgIpc) is 2.41. The maximum atomic E-state index is 11.7. The van der Waals surface area contributed by atoms with Crippen molar-refractivity contribution in [3.8, 4) is 0 Å². The van der Waals surface area contributed by atoms with Crippen molar-refractivity contribution in [2.45, 2.75) is 19.9 Å². The lowest BCUT2D eigenvalue weighted by Crippen LogP contribution is -2.22. The number of nitrogens with one attached hydrogen (secondary N) is 1. The van der Waals surface area contributed by atoms with Crippen LogP contribution in [-0.4, -0.2) is 11.1 Å². The van der Waals surface area contributed by atoms with Gasteiger partial charge in [0.15, 0.2) is 6.04 Å². The van der Waals surface area contributed by atoms with Crippen LogP contribution in [-0.2, 0) is 4.79 Å². The van der Waals surface area contributed by atoms with E-state index in [9.17, 15) is 9.90 Å². The normalized spacial score (nSPS) is 12.0. The molecule has 0 heterocycles. The lowest BCUT2D eigenvalue weighted by Gasteiger charge is -2.20. The number of aryl methyl sites for hydroxylation is 2. The second-order valence-electron chi connectivity index (χ2n) is 4.85. The molecule has 1 atom stereocenters. The molecule has 0 aliphatic heterocycles. The standard InChI is InChI=1S/C16H15BrClNO2/c1-9-4-3-5-10(2)14(9)15(16(20)21)19-11-6-7-13(18)12(17)8-11/h3-8,15,19H,1-2H3,(H,20,21). The van der Waals surface area contributed by atoms with Gasteiger partial charge in [0.25, 0.3) is 0 Å². The number of hydrogen-bond donors (Lipinski definition) is 2. The molecule has 0 spiro atoms. The Morgan fingerprint density at radius 1 is 1.24 bits per heavy atom. The first-order valence-corrected chi connectivity index (χ1v) is 7.57. The molecule has 0 aliphatic carbocycles. The van der Waals surface area contributed by atoms with Crippen LogP contribution in [0.5, 0.6) is 0 Å². The Morgan fingerprint density at radius 2 is 1.86 bits per heavy atom. The van der Waals surface area contributed by atoms with Gasteiger partial charge >= 0.3 is 5.97 Å². The summed E-state index contributed by atoms with van der Waals surface area (Å²) in [6.07, 6.45) is 0. The van der Waals surface area contributed by atoms with Gasteiger partial charge in [0, 0.05) is 10.2 Å². The van der Waals surface area contributed by atoms with Gasteiger partial charge in [-0.2, -0.15) is 0 Å². The molecule has 2 aromatic rings. The van der Waals surface area contributed by atoms with Crippen molar-refractivity contribution >= 4 is 39.2 Å². The summed E-state index contributed by atoms with van der Waals surface area (Å²) >= 11 is 9.30. The molecule has 2 N–H and O–H groups in total. The fourth-order valence-electron chi connectivity index (χ4n) is 2.29. The molecule has 5 heteroatoms. The van der Waals surface area contributed by atoms with Gasteiger partial charge in [-0.25, -0.2) is 4.79 Å². The van der Waals surface area contributed by atoms with E-state index in [0.29, 0.717) is 10.7 Å². The van der Waals surface area contributed by atoms with E-state index in [2.05, 4.69) is 21.2 Å². The van der Waals surface area contributed by atoms with Crippen LogP contribution in [0.4, 0.5) is 5.69 Å². The molecule has 3 nitrogen and oxygen atoms in total. The van der Waals surface area contributed by atoms with E-state index in [4.69, 9.17) is 11.6 Å². The van der Waals surface area contributed by atoms with E-state index >= 15 is 0 Å². The Hall–Kier alpha value is -1.52. The van der Waals surface area contributed by atoms with Crippen molar-refractivity contribution < 1.29 is 9.90 Å². The molecular weight excluding hydrogens is 354 g/mol. The molecule has 0 saturated heterocycles. The number of aliphatic carboxylic acids is 1. The number of halogens is 2. The average molecular weight is 369 g/mol. The van der Waals surface area contributed by atoms with Gasteiger partial charge in [-0.05, 0) is 64.7 Å². The zero-order valence-electron chi connectivity index (χ0n) is 11.7. The smallest absolute Gasteiger partial charge is 0.330 e. The predicted molar refractivity (Wildman–Crippen MR) is 89.1 cm³/mol. The Morgan fingerprint density at radius 3 is 2.38 bits per heavy atom. The third-order valence-corrected chi connectivity index (χ3v) is 4.52. The summed E-state index contributed by atoms with van der Waals surface area (Å²) in [7, 11) is 0. The van der Waals surface area contributed by atoms with E-state index < -0.39 is 12.0 Å². The molecule has 0 aromatic heterocycles. The van der Waals surface area contributed by atoms with Gasteiger partial charge in [-0.1, -0.05) is 29.8 Å². The molecule has 1 unspecified atom stereocenters. The Kier molecular flexibility index (Phi) is 4.91. The summed E-state index contributed by atoms with van der Waals surface area (Å²) in [5.41, 5.74) is 3.38. The summed E-state index contributed by atoms with van der Waals surface area (Å²) in [6.45, 7) is 3.83. The zero-order valence-corrected chi connectivity index (χ0v) is 14.0. The van der Waals surface area contributed by atoms with E-state index in [0.717, 1.165) is 21.2 Å². The highest BCUT2D eigenvalue weighted by Crippen LogP contribution is 2.30. The SMILES string of the molecule is Cc1cccc(C)c1C(Nc1ccc(Cl)c(Br)c1)C(=O)O. The number of benzene rings is 2. The second kappa shape index (κ2) is 6.50. The van der Waals surface area contributed by atoms with Crippen molar-refractivity contribution in [2.75, 3.05) is 5.32 Å². The number of rotatable bonds is 4. The molecule has 0 saturated carbocycles.